The molecular formula is C20H22BrClO3S. The Morgan fingerprint density at radius 3 is 2.38 bits per heavy atom. The van der Waals surface area contributed by atoms with Gasteiger partial charge in [-0.3, -0.25) is 4.79 Å². The monoisotopic (exact) mass is 456 g/mol. The molecule has 0 aliphatic carbocycles. The first-order valence-corrected chi connectivity index (χ1v) is 10.9. The highest BCUT2D eigenvalue weighted by Crippen LogP contribution is 2.24. The van der Waals surface area contributed by atoms with Crippen LogP contribution in [0.1, 0.15) is 35.3 Å². The van der Waals surface area contributed by atoms with E-state index in [1.807, 2.05) is 0 Å². The maximum Gasteiger partial charge on any atom is 0.194 e. The molecule has 0 heterocycles. The van der Waals surface area contributed by atoms with Gasteiger partial charge in [0.2, 0.25) is 0 Å². The molecule has 2 rings (SSSR count). The first-order valence-electron chi connectivity index (χ1n) is 7.72. The minimum atomic E-state index is -3.63. The Labute approximate surface area is 169 Å². The van der Waals surface area contributed by atoms with Crippen molar-refractivity contribution in [3.63, 3.8) is 0 Å². The topological polar surface area (TPSA) is 51.2 Å². The number of ketones is 1. The summed E-state index contributed by atoms with van der Waals surface area (Å²) in [5.74, 6) is -0.554. The molecule has 0 radical (unpaired) electrons. The van der Waals surface area contributed by atoms with Gasteiger partial charge in [0.25, 0.3) is 0 Å². The maximum absolute atomic E-state index is 12.8. The molecule has 0 aliphatic heterocycles. The molecule has 2 aromatic carbocycles. The fraction of sp³-hybridized carbons (Fsp3) is 0.250. The molecule has 0 aromatic heterocycles. The molecular weight excluding hydrogens is 436 g/mol. The van der Waals surface area contributed by atoms with Crippen molar-refractivity contribution in [3.05, 3.63) is 76.8 Å². The third-order valence-corrected chi connectivity index (χ3v) is 6.16. The lowest BCUT2D eigenvalue weighted by Gasteiger charge is -2.11. The van der Waals surface area contributed by atoms with Crippen LogP contribution in [-0.2, 0) is 16.3 Å². The quantitative estimate of drug-likeness (QED) is 0.299. The van der Waals surface area contributed by atoms with Crippen LogP contribution >= 0.6 is 27.5 Å². The van der Waals surface area contributed by atoms with Gasteiger partial charge in [0, 0.05) is 21.5 Å². The van der Waals surface area contributed by atoms with Crippen LogP contribution in [0, 0.1) is 0 Å². The lowest BCUT2D eigenvalue weighted by atomic mass is 10.0. The molecule has 0 atom stereocenters. The van der Waals surface area contributed by atoms with Crippen LogP contribution in [0.25, 0.3) is 0 Å². The van der Waals surface area contributed by atoms with Crippen molar-refractivity contribution >= 4 is 43.2 Å². The number of sulfone groups is 1. The van der Waals surface area contributed by atoms with E-state index in [9.17, 15) is 13.2 Å². The van der Waals surface area contributed by atoms with Gasteiger partial charge in [-0.15, -0.1) is 6.58 Å². The average Bonchev–Trinajstić information content (AvgIpc) is 2.60. The van der Waals surface area contributed by atoms with Gasteiger partial charge < -0.3 is 0 Å². The minimum absolute atomic E-state index is 0. The number of rotatable bonds is 8. The zero-order valence-electron chi connectivity index (χ0n) is 13.5. The van der Waals surface area contributed by atoms with E-state index in [1.54, 1.807) is 42.5 Å². The van der Waals surface area contributed by atoms with Crippen LogP contribution in [0.2, 0.25) is 5.02 Å². The van der Waals surface area contributed by atoms with E-state index in [2.05, 4.69) is 22.5 Å². The molecule has 0 N–H and O–H groups in total. The Morgan fingerprint density at radius 1 is 1.15 bits per heavy atom. The molecule has 0 spiro atoms. The van der Waals surface area contributed by atoms with Crippen molar-refractivity contribution < 1.29 is 13.2 Å². The molecule has 0 amide bonds. The predicted molar refractivity (Wildman–Crippen MR) is 112 cm³/mol. The highest BCUT2D eigenvalue weighted by atomic mass is 79.9. The first-order chi connectivity index (χ1) is 11.9. The zero-order chi connectivity index (χ0) is 18.4. The van der Waals surface area contributed by atoms with Crippen molar-refractivity contribution in [2.24, 2.45) is 0 Å². The van der Waals surface area contributed by atoms with Crippen molar-refractivity contribution in [3.8, 4) is 0 Å². The molecule has 0 bridgehead atoms. The third-order valence-electron chi connectivity index (χ3n) is 3.67. The number of halogens is 2. The fourth-order valence-electron chi connectivity index (χ4n) is 2.44. The summed E-state index contributed by atoms with van der Waals surface area (Å²) in [5, 5.41) is 1.34. The lowest BCUT2D eigenvalue weighted by Crippen LogP contribution is -2.13. The highest BCUT2D eigenvalue weighted by Gasteiger charge is 2.23. The number of alkyl halides is 1. The van der Waals surface area contributed by atoms with E-state index in [4.69, 9.17) is 11.6 Å². The van der Waals surface area contributed by atoms with Gasteiger partial charge in [-0.1, -0.05) is 47.1 Å². The summed E-state index contributed by atoms with van der Waals surface area (Å²) in [4.78, 5) is 12.9. The molecule has 0 unspecified atom stereocenters. The minimum Gasteiger partial charge on any atom is -0.289 e. The van der Waals surface area contributed by atoms with Crippen molar-refractivity contribution in [1.82, 2.24) is 0 Å². The van der Waals surface area contributed by atoms with Gasteiger partial charge in [-0.2, -0.15) is 0 Å². The van der Waals surface area contributed by atoms with E-state index in [0.29, 0.717) is 10.6 Å². The lowest BCUT2D eigenvalue weighted by molar-refractivity contribution is 0.103. The van der Waals surface area contributed by atoms with Gasteiger partial charge in [-0.05, 0) is 54.8 Å². The second kappa shape index (κ2) is 10.0. The Bertz CT molecular complexity index is 874. The second-order valence-corrected chi connectivity index (χ2v) is 8.76. The number of carbonyl (C=O) groups excluding carboxylic acids is 1. The van der Waals surface area contributed by atoms with Crippen molar-refractivity contribution in [2.75, 3.05) is 11.1 Å². The van der Waals surface area contributed by atoms with E-state index in [0.717, 1.165) is 23.7 Å². The van der Waals surface area contributed by atoms with E-state index < -0.39 is 9.84 Å². The van der Waals surface area contributed by atoms with Crippen molar-refractivity contribution in [2.45, 2.75) is 25.2 Å². The number of carbonyl (C=O) groups is 1. The summed E-state index contributed by atoms with van der Waals surface area (Å²) >= 11 is 9.22. The summed E-state index contributed by atoms with van der Waals surface area (Å²) < 4.78 is 25.2. The van der Waals surface area contributed by atoms with Crippen LogP contribution < -0.4 is 0 Å². The van der Waals surface area contributed by atoms with E-state index >= 15 is 0 Å². The summed E-state index contributed by atoms with van der Waals surface area (Å²) in [6, 6.07) is 11.4. The molecule has 0 aliphatic rings. The largest absolute Gasteiger partial charge is 0.289 e. The normalized spacial score (nSPS) is 10.8. The van der Waals surface area contributed by atoms with Gasteiger partial charge in [-0.25, -0.2) is 8.42 Å². The molecule has 0 saturated carbocycles. The summed E-state index contributed by atoms with van der Waals surface area (Å²) in [5.41, 5.74) is 1.45. The van der Waals surface area contributed by atoms with E-state index in [-0.39, 0.29) is 29.4 Å². The van der Waals surface area contributed by atoms with Crippen LogP contribution in [0.5, 0.6) is 0 Å². The number of aryl methyl sites for hydroxylation is 1. The van der Waals surface area contributed by atoms with E-state index in [1.165, 1.54) is 6.08 Å². The third kappa shape index (κ3) is 5.53. The van der Waals surface area contributed by atoms with Crippen LogP contribution in [-0.4, -0.2) is 25.3 Å². The standard InChI is InChI=1S/C19H18BrClO3S.CH4/c1-2-12-25(23,24)18-13-14(4-3-11-20)5-10-17(18)19(22)15-6-8-16(21)9-7-15;/h2,5-10,13H,1,3-4,11-12H2;1H4. The van der Waals surface area contributed by atoms with Gasteiger partial charge in [0.1, 0.15) is 0 Å². The molecule has 140 valence electrons. The van der Waals surface area contributed by atoms with Gasteiger partial charge in [0.15, 0.2) is 15.6 Å². The highest BCUT2D eigenvalue weighted by molar-refractivity contribution is 9.09. The Morgan fingerprint density at radius 2 is 1.81 bits per heavy atom. The molecule has 2 aromatic rings. The predicted octanol–water partition coefficient (Wildman–Crippen LogP) is 5.49. The zero-order valence-corrected chi connectivity index (χ0v) is 16.7. The molecule has 0 saturated heterocycles. The Hall–Kier alpha value is -1.43. The van der Waals surface area contributed by atoms with Crippen LogP contribution in [0.15, 0.2) is 60.0 Å². The smallest absolute Gasteiger partial charge is 0.194 e. The summed E-state index contributed by atoms with van der Waals surface area (Å²) in [6.07, 6.45) is 2.94. The van der Waals surface area contributed by atoms with Crippen LogP contribution in [0.3, 0.4) is 0 Å². The maximum atomic E-state index is 12.8. The van der Waals surface area contributed by atoms with Gasteiger partial charge in [0.05, 0.1) is 10.6 Å². The number of hydrogen-bond donors (Lipinski definition) is 0. The fourth-order valence-corrected chi connectivity index (χ4v) is 4.16. The number of hydrogen-bond acceptors (Lipinski definition) is 3. The Balaban J connectivity index is 0.00000338. The summed E-state index contributed by atoms with van der Waals surface area (Å²) in [6.45, 7) is 3.50. The first kappa shape index (κ1) is 22.6. The SMILES string of the molecule is C.C=CCS(=O)(=O)c1cc(CCCBr)ccc1C(=O)c1ccc(Cl)cc1. The molecule has 6 heteroatoms. The molecule has 3 nitrogen and oxygen atoms in total. The summed E-state index contributed by atoms with van der Waals surface area (Å²) in [7, 11) is -3.63. The Kier molecular flexibility index (Phi) is 8.74. The number of benzene rings is 2. The van der Waals surface area contributed by atoms with Crippen molar-refractivity contribution in [1.29, 1.82) is 0 Å². The van der Waals surface area contributed by atoms with Crippen LogP contribution in [0.4, 0.5) is 0 Å². The second-order valence-electron chi connectivity index (χ2n) is 5.53. The molecule has 26 heavy (non-hydrogen) atoms. The van der Waals surface area contributed by atoms with Gasteiger partial charge >= 0.3 is 0 Å². The molecule has 0 fully saturated rings. The average molecular weight is 458 g/mol.